The number of benzene rings is 1. The first-order chi connectivity index (χ1) is 8.65. The summed E-state index contributed by atoms with van der Waals surface area (Å²) in [6.07, 6.45) is 7.72. The lowest BCUT2D eigenvalue weighted by Crippen LogP contribution is -2.15. The molecule has 0 bridgehead atoms. The molecule has 102 valence electrons. The zero-order valence-electron chi connectivity index (χ0n) is 11.3. The zero-order chi connectivity index (χ0) is 13.4. The van der Waals surface area contributed by atoms with Gasteiger partial charge in [0, 0.05) is 6.04 Å². The molecule has 0 saturated heterocycles. The molecule has 1 atom stereocenters. The van der Waals surface area contributed by atoms with Gasteiger partial charge in [-0.15, -0.1) is 0 Å². The topological polar surface area (TPSA) is 12.0 Å². The standard InChI is InChI=1S/C15H23Cl2N/c1-3-4-5-6-7-9-12(2)18-15-13(16)10-8-11-14(15)17/h8,10-12,18H,3-7,9H2,1-2H3. The minimum atomic E-state index is 0.407. The number of halogens is 2. The van der Waals surface area contributed by atoms with Crippen molar-refractivity contribution in [2.45, 2.75) is 58.4 Å². The molecule has 1 rings (SSSR count). The summed E-state index contributed by atoms with van der Waals surface area (Å²) in [5.41, 5.74) is 0.863. The average molecular weight is 288 g/mol. The maximum atomic E-state index is 6.13. The maximum absolute atomic E-state index is 6.13. The van der Waals surface area contributed by atoms with Gasteiger partial charge in [-0.2, -0.15) is 0 Å². The van der Waals surface area contributed by atoms with Gasteiger partial charge < -0.3 is 5.32 Å². The second-order valence-electron chi connectivity index (χ2n) is 4.84. The van der Waals surface area contributed by atoms with Gasteiger partial charge in [-0.1, -0.05) is 68.3 Å². The van der Waals surface area contributed by atoms with Crippen molar-refractivity contribution in [3.05, 3.63) is 28.2 Å². The van der Waals surface area contributed by atoms with Crippen LogP contribution in [-0.4, -0.2) is 6.04 Å². The molecule has 1 unspecified atom stereocenters. The van der Waals surface area contributed by atoms with Gasteiger partial charge in [0.05, 0.1) is 15.7 Å². The van der Waals surface area contributed by atoms with Crippen LogP contribution in [0.1, 0.15) is 52.4 Å². The summed E-state index contributed by atoms with van der Waals surface area (Å²) >= 11 is 12.3. The van der Waals surface area contributed by atoms with E-state index in [1.807, 2.05) is 18.2 Å². The monoisotopic (exact) mass is 287 g/mol. The van der Waals surface area contributed by atoms with Crippen LogP contribution >= 0.6 is 23.2 Å². The van der Waals surface area contributed by atoms with Gasteiger partial charge in [0.1, 0.15) is 0 Å². The van der Waals surface area contributed by atoms with Crippen molar-refractivity contribution in [2.75, 3.05) is 5.32 Å². The van der Waals surface area contributed by atoms with Gasteiger partial charge in [-0.25, -0.2) is 0 Å². The highest BCUT2D eigenvalue weighted by atomic mass is 35.5. The third-order valence-electron chi connectivity index (χ3n) is 3.09. The largest absolute Gasteiger partial charge is 0.380 e. The van der Waals surface area contributed by atoms with E-state index in [2.05, 4.69) is 19.2 Å². The molecule has 0 radical (unpaired) electrons. The fraction of sp³-hybridized carbons (Fsp3) is 0.600. The van der Waals surface area contributed by atoms with Crippen molar-refractivity contribution in [3.63, 3.8) is 0 Å². The molecule has 3 heteroatoms. The van der Waals surface area contributed by atoms with Gasteiger partial charge in [0.2, 0.25) is 0 Å². The Kier molecular flexibility index (Phi) is 7.53. The molecule has 1 aromatic rings. The highest BCUT2D eigenvalue weighted by Gasteiger charge is 2.08. The summed E-state index contributed by atoms with van der Waals surface area (Å²) in [6.45, 7) is 4.42. The highest BCUT2D eigenvalue weighted by Crippen LogP contribution is 2.30. The number of nitrogens with one attached hydrogen (secondary N) is 1. The molecule has 0 aliphatic heterocycles. The second kappa shape index (κ2) is 8.66. The van der Waals surface area contributed by atoms with Crippen LogP contribution in [0, 0.1) is 0 Å². The lowest BCUT2D eigenvalue weighted by atomic mass is 10.1. The van der Waals surface area contributed by atoms with E-state index in [1.54, 1.807) is 0 Å². The summed E-state index contributed by atoms with van der Waals surface area (Å²) < 4.78 is 0. The Morgan fingerprint density at radius 1 is 1.06 bits per heavy atom. The molecule has 0 heterocycles. The smallest absolute Gasteiger partial charge is 0.0720 e. The molecule has 1 N–H and O–H groups in total. The van der Waals surface area contributed by atoms with Crippen LogP contribution in [0.3, 0.4) is 0 Å². The SMILES string of the molecule is CCCCCCCC(C)Nc1c(Cl)cccc1Cl. The van der Waals surface area contributed by atoms with Gasteiger partial charge in [-0.05, 0) is 25.5 Å². The third-order valence-corrected chi connectivity index (χ3v) is 3.72. The minimum absolute atomic E-state index is 0.407. The van der Waals surface area contributed by atoms with Crippen molar-refractivity contribution in [2.24, 2.45) is 0 Å². The maximum Gasteiger partial charge on any atom is 0.0720 e. The Morgan fingerprint density at radius 3 is 2.28 bits per heavy atom. The number of anilines is 1. The predicted molar refractivity (Wildman–Crippen MR) is 82.9 cm³/mol. The van der Waals surface area contributed by atoms with Gasteiger partial charge in [0.15, 0.2) is 0 Å². The van der Waals surface area contributed by atoms with Crippen LogP contribution in [0.4, 0.5) is 5.69 Å². The number of rotatable bonds is 8. The van der Waals surface area contributed by atoms with E-state index in [4.69, 9.17) is 23.2 Å². The van der Waals surface area contributed by atoms with Crippen LogP contribution < -0.4 is 5.32 Å². The number of hydrogen-bond donors (Lipinski definition) is 1. The van der Waals surface area contributed by atoms with Crippen LogP contribution in [0.2, 0.25) is 10.0 Å². The first-order valence-electron chi connectivity index (χ1n) is 6.85. The third kappa shape index (κ3) is 5.49. The van der Waals surface area contributed by atoms with Crippen molar-refractivity contribution in [3.8, 4) is 0 Å². The number of hydrogen-bond acceptors (Lipinski definition) is 1. The minimum Gasteiger partial charge on any atom is -0.380 e. The molecule has 18 heavy (non-hydrogen) atoms. The molecule has 0 aliphatic rings. The molecular formula is C15H23Cl2N. The lowest BCUT2D eigenvalue weighted by Gasteiger charge is -2.17. The van der Waals surface area contributed by atoms with Gasteiger partial charge >= 0.3 is 0 Å². The van der Waals surface area contributed by atoms with Crippen molar-refractivity contribution >= 4 is 28.9 Å². The van der Waals surface area contributed by atoms with E-state index in [9.17, 15) is 0 Å². The number of unbranched alkanes of at least 4 members (excludes halogenated alkanes) is 4. The Morgan fingerprint density at radius 2 is 1.67 bits per heavy atom. The molecule has 0 saturated carbocycles. The quantitative estimate of drug-likeness (QED) is 0.565. The Labute approximate surface area is 121 Å². The molecule has 0 aromatic heterocycles. The molecule has 1 nitrogen and oxygen atoms in total. The van der Waals surface area contributed by atoms with E-state index in [-0.39, 0.29) is 0 Å². The van der Waals surface area contributed by atoms with Crippen molar-refractivity contribution in [1.29, 1.82) is 0 Å². The Balaban J connectivity index is 2.33. The molecular weight excluding hydrogens is 265 g/mol. The Hall–Kier alpha value is -0.400. The molecule has 0 aliphatic carbocycles. The Bertz CT molecular complexity index is 332. The summed E-state index contributed by atoms with van der Waals surface area (Å²) in [6, 6.07) is 6.00. The van der Waals surface area contributed by atoms with E-state index in [0.29, 0.717) is 16.1 Å². The van der Waals surface area contributed by atoms with E-state index in [0.717, 1.165) is 12.1 Å². The summed E-state index contributed by atoms with van der Waals surface area (Å²) in [5, 5.41) is 4.79. The fourth-order valence-electron chi connectivity index (χ4n) is 2.01. The summed E-state index contributed by atoms with van der Waals surface area (Å²) in [4.78, 5) is 0. The van der Waals surface area contributed by atoms with Crippen molar-refractivity contribution < 1.29 is 0 Å². The zero-order valence-corrected chi connectivity index (χ0v) is 12.8. The first kappa shape index (κ1) is 15.7. The van der Waals surface area contributed by atoms with Crippen molar-refractivity contribution in [1.82, 2.24) is 0 Å². The first-order valence-corrected chi connectivity index (χ1v) is 7.61. The van der Waals surface area contributed by atoms with Crippen LogP contribution in [0.15, 0.2) is 18.2 Å². The second-order valence-corrected chi connectivity index (χ2v) is 5.66. The van der Waals surface area contributed by atoms with E-state index >= 15 is 0 Å². The summed E-state index contributed by atoms with van der Waals surface area (Å²) in [7, 11) is 0. The summed E-state index contributed by atoms with van der Waals surface area (Å²) in [5.74, 6) is 0. The lowest BCUT2D eigenvalue weighted by molar-refractivity contribution is 0.578. The molecule has 0 amide bonds. The van der Waals surface area contributed by atoms with Crippen LogP contribution in [0.25, 0.3) is 0 Å². The van der Waals surface area contributed by atoms with Gasteiger partial charge in [-0.3, -0.25) is 0 Å². The van der Waals surface area contributed by atoms with Crippen LogP contribution in [-0.2, 0) is 0 Å². The molecule has 0 spiro atoms. The average Bonchev–Trinajstić information content (AvgIpc) is 2.34. The van der Waals surface area contributed by atoms with Crippen LogP contribution in [0.5, 0.6) is 0 Å². The fourth-order valence-corrected chi connectivity index (χ4v) is 2.51. The molecule has 1 aromatic carbocycles. The molecule has 0 fully saturated rings. The number of para-hydroxylation sites is 1. The highest BCUT2D eigenvalue weighted by molar-refractivity contribution is 6.39. The van der Waals surface area contributed by atoms with E-state index in [1.165, 1.54) is 32.1 Å². The van der Waals surface area contributed by atoms with E-state index < -0.39 is 0 Å². The normalized spacial score (nSPS) is 12.4. The van der Waals surface area contributed by atoms with Gasteiger partial charge in [0.25, 0.3) is 0 Å². The predicted octanol–water partition coefficient (Wildman–Crippen LogP) is 6.15.